The summed E-state index contributed by atoms with van der Waals surface area (Å²) in [7, 11) is 1.71. The molecule has 0 radical (unpaired) electrons. The van der Waals surface area contributed by atoms with Gasteiger partial charge in [0.15, 0.2) is 0 Å². The molecule has 6 nitrogen and oxygen atoms in total. The molecule has 4 rings (SSSR count). The van der Waals surface area contributed by atoms with Crippen LogP contribution in [0, 0.1) is 6.92 Å². The summed E-state index contributed by atoms with van der Waals surface area (Å²) in [6.07, 6.45) is 2.25. The molecule has 0 aliphatic carbocycles. The first-order valence-corrected chi connectivity index (χ1v) is 11.9. The highest BCUT2D eigenvalue weighted by Gasteiger charge is 2.12. The molecule has 1 atom stereocenters. The molecule has 0 bridgehead atoms. The summed E-state index contributed by atoms with van der Waals surface area (Å²) in [4.78, 5) is 12.3. The molecule has 4 aromatic rings. The van der Waals surface area contributed by atoms with Gasteiger partial charge in [0.1, 0.15) is 11.5 Å². The molecule has 1 unspecified atom stereocenters. The number of ether oxygens (including phenoxy) is 2. The number of hydrogen-bond acceptors (Lipinski definition) is 5. The van der Waals surface area contributed by atoms with E-state index in [0.717, 1.165) is 27.6 Å². The maximum absolute atomic E-state index is 12.3. The van der Waals surface area contributed by atoms with E-state index in [1.54, 1.807) is 13.3 Å². The number of amides is 1. The van der Waals surface area contributed by atoms with Crippen LogP contribution in [0.25, 0.3) is 10.8 Å². The Kier molecular flexibility index (Phi) is 8.21. The van der Waals surface area contributed by atoms with Crippen molar-refractivity contribution in [3.63, 3.8) is 0 Å². The first-order valence-electron chi connectivity index (χ1n) is 11.5. The average molecular weight is 503 g/mol. The summed E-state index contributed by atoms with van der Waals surface area (Å²) < 4.78 is 11.8. The number of nitrogens with one attached hydrogen (secondary N) is 1. The first-order chi connectivity index (χ1) is 17.5. The number of nitrogens with zero attached hydrogens (tertiary/aromatic N) is 1. The number of aryl methyl sites for hydroxylation is 1. The molecule has 0 spiro atoms. The second-order valence-corrected chi connectivity index (χ2v) is 8.74. The van der Waals surface area contributed by atoms with Crippen molar-refractivity contribution in [2.75, 3.05) is 13.7 Å². The van der Waals surface area contributed by atoms with E-state index in [0.29, 0.717) is 18.6 Å². The van der Waals surface area contributed by atoms with Crippen LogP contribution in [0.5, 0.6) is 11.5 Å². The van der Waals surface area contributed by atoms with E-state index in [1.807, 2.05) is 36.4 Å². The normalized spacial score (nSPS) is 12.1. The van der Waals surface area contributed by atoms with Crippen LogP contribution in [0.3, 0.4) is 0 Å². The summed E-state index contributed by atoms with van der Waals surface area (Å²) in [6, 6.07) is 24.2. The Labute approximate surface area is 215 Å². The third-order valence-electron chi connectivity index (χ3n) is 5.87. The van der Waals surface area contributed by atoms with Gasteiger partial charge in [-0.1, -0.05) is 65.7 Å². The fraction of sp³-hybridized carbons (Fsp3) is 0.172. The molecule has 0 saturated carbocycles. The van der Waals surface area contributed by atoms with Crippen LogP contribution in [0.4, 0.5) is 0 Å². The highest BCUT2D eigenvalue weighted by atomic mass is 35.5. The molecule has 0 heterocycles. The molecule has 0 aliphatic rings. The molecule has 36 heavy (non-hydrogen) atoms. The number of fused-ring (bicyclic) bond motifs is 1. The highest BCUT2D eigenvalue weighted by molar-refractivity contribution is 6.32. The number of methoxy groups -OCH3 is 1. The zero-order valence-corrected chi connectivity index (χ0v) is 20.8. The van der Waals surface area contributed by atoms with Crippen LogP contribution in [-0.2, 0) is 4.74 Å². The second-order valence-electron chi connectivity index (χ2n) is 8.34. The van der Waals surface area contributed by atoms with Gasteiger partial charge in [0.25, 0.3) is 5.91 Å². The van der Waals surface area contributed by atoms with Crippen molar-refractivity contribution in [1.29, 1.82) is 0 Å². The van der Waals surface area contributed by atoms with Crippen LogP contribution in [0.1, 0.15) is 39.6 Å². The second kappa shape index (κ2) is 11.7. The number of rotatable bonds is 9. The summed E-state index contributed by atoms with van der Waals surface area (Å²) in [5.41, 5.74) is 5.95. The van der Waals surface area contributed by atoms with Crippen molar-refractivity contribution in [2.24, 2.45) is 5.10 Å². The zero-order valence-electron chi connectivity index (χ0n) is 20.1. The molecular formula is C29H27ClN2O4. The van der Waals surface area contributed by atoms with Gasteiger partial charge in [0, 0.05) is 30.0 Å². The lowest BCUT2D eigenvalue weighted by Gasteiger charge is -2.17. The maximum atomic E-state index is 12.3. The minimum Gasteiger partial charge on any atom is -0.506 e. The van der Waals surface area contributed by atoms with Crippen LogP contribution >= 0.6 is 11.6 Å². The smallest absolute Gasteiger partial charge is 0.271 e. The van der Waals surface area contributed by atoms with Gasteiger partial charge in [-0.05, 0) is 48.2 Å². The minimum atomic E-state index is -0.432. The molecular weight excluding hydrogens is 476 g/mol. The topological polar surface area (TPSA) is 80.2 Å². The number of hydrazone groups is 1. The Balaban J connectivity index is 1.44. The molecule has 0 saturated heterocycles. The number of hydrogen-bond donors (Lipinski definition) is 2. The van der Waals surface area contributed by atoms with Crippen molar-refractivity contribution in [3.8, 4) is 11.5 Å². The summed E-state index contributed by atoms with van der Waals surface area (Å²) >= 11 is 5.88. The predicted molar refractivity (Wildman–Crippen MR) is 143 cm³/mol. The highest BCUT2D eigenvalue weighted by Crippen LogP contribution is 2.29. The molecule has 0 aromatic heterocycles. The quantitative estimate of drug-likeness (QED) is 0.204. The number of phenolic OH excluding ortho intramolecular Hbond substituents is 1. The van der Waals surface area contributed by atoms with Gasteiger partial charge in [0.05, 0.1) is 23.9 Å². The third-order valence-corrected chi connectivity index (χ3v) is 6.17. The fourth-order valence-corrected chi connectivity index (χ4v) is 4.06. The van der Waals surface area contributed by atoms with Gasteiger partial charge in [-0.2, -0.15) is 5.10 Å². The SMILES string of the molecule is COC(CCOc1ccc(C=NNC(=O)c2ccc(O)c(Cl)c2)c2ccccc12)c1ccc(C)cc1. The predicted octanol–water partition coefficient (Wildman–Crippen LogP) is 6.43. The van der Waals surface area contributed by atoms with Crippen LogP contribution in [0.15, 0.2) is 84.0 Å². The van der Waals surface area contributed by atoms with Crippen molar-refractivity contribution >= 4 is 34.5 Å². The standard InChI is InChI=1S/C29H27ClN2O4/c1-19-7-9-20(10-8-19)27(35-2)15-16-36-28-14-12-22(23-5-3-4-6-24(23)28)18-31-32-29(34)21-11-13-26(33)25(30)17-21/h3-14,17-18,27,33H,15-16H2,1-2H3,(H,32,34). The number of benzene rings is 4. The Morgan fingerprint density at radius 2 is 1.81 bits per heavy atom. The molecule has 0 fully saturated rings. The van der Waals surface area contributed by atoms with E-state index >= 15 is 0 Å². The Morgan fingerprint density at radius 1 is 1.06 bits per heavy atom. The Hall–Kier alpha value is -3.87. The summed E-state index contributed by atoms with van der Waals surface area (Å²) in [5.74, 6) is 0.251. The molecule has 7 heteroatoms. The summed E-state index contributed by atoms with van der Waals surface area (Å²) in [5, 5.41) is 15.6. The third kappa shape index (κ3) is 6.03. The van der Waals surface area contributed by atoms with Crippen molar-refractivity contribution in [3.05, 3.63) is 106 Å². The lowest BCUT2D eigenvalue weighted by molar-refractivity contribution is 0.0814. The van der Waals surface area contributed by atoms with Gasteiger partial charge in [-0.25, -0.2) is 5.43 Å². The van der Waals surface area contributed by atoms with Crippen molar-refractivity contribution < 1.29 is 19.4 Å². The average Bonchev–Trinajstić information content (AvgIpc) is 2.89. The van der Waals surface area contributed by atoms with E-state index < -0.39 is 5.91 Å². The Bertz CT molecular complexity index is 1390. The monoisotopic (exact) mass is 502 g/mol. The summed E-state index contributed by atoms with van der Waals surface area (Å²) in [6.45, 7) is 2.56. The van der Waals surface area contributed by atoms with Gasteiger partial charge in [-0.15, -0.1) is 0 Å². The molecule has 0 aliphatic heterocycles. The van der Waals surface area contributed by atoms with Gasteiger partial charge in [0.2, 0.25) is 0 Å². The van der Waals surface area contributed by atoms with E-state index in [1.165, 1.54) is 23.8 Å². The van der Waals surface area contributed by atoms with Crippen LogP contribution in [-0.4, -0.2) is 30.9 Å². The maximum Gasteiger partial charge on any atom is 0.271 e. The minimum absolute atomic E-state index is 0.0460. The molecule has 184 valence electrons. The number of halogens is 1. The lowest BCUT2D eigenvalue weighted by Crippen LogP contribution is -2.17. The molecule has 1 amide bonds. The van der Waals surface area contributed by atoms with E-state index in [9.17, 15) is 9.90 Å². The number of carbonyl (C=O) groups excluding carboxylic acids is 1. The lowest BCUT2D eigenvalue weighted by atomic mass is 10.0. The largest absolute Gasteiger partial charge is 0.506 e. The van der Waals surface area contributed by atoms with E-state index in [4.69, 9.17) is 21.1 Å². The zero-order chi connectivity index (χ0) is 25.5. The van der Waals surface area contributed by atoms with Gasteiger partial charge in [-0.3, -0.25) is 4.79 Å². The molecule has 2 N–H and O–H groups in total. The van der Waals surface area contributed by atoms with E-state index in [2.05, 4.69) is 41.7 Å². The fourth-order valence-electron chi connectivity index (χ4n) is 3.88. The molecule has 4 aromatic carbocycles. The van der Waals surface area contributed by atoms with Crippen molar-refractivity contribution in [1.82, 2.24) is 5.43 Å². The van der Waals surface area contributed by atoms with E-state index in [-0.39, 0.29) is 16.9 Å². The number of phenols is 1. The van der Waals surface area contributed by atoms with Gasteiger partial charge < -0.3 is 14.6 Å². The van der Waals surface area contributed by atoms with Gasteiger partial charge >= 0.3 is 0 Å². The van der Waals surface area contributed by atoms with Crippen LogP contribution < -0.4 is 10.2 Å². The van der Waals surface area contributed by atoms with Crippen LogP contribution in [0.2, 0.25) is 5.02 Å². The number of aromatic hydroxyl groups is 1. The van der Waals surface area contributed by atoms with Crippen molar-refractivity contribution in [2.45, 2.75) is 19.4 Å². The first kappa shape index (κ1) is 25.2. The number of carbonyl (C=O) groups is 1. The Morgan fingerprint density at radius 3 is 2.53 bits per heavy atom.